The van der Waals surface area contributed by atoms with Gasteiger partial charge in [0.1, 0.15) is 13.2 Å². The highest BCUT2D eigenvalue weighted by Crippen LogP contribution is 2.15. The molecule has 0 aromatic carbocycles. The van der Waals surface area contributed by atoms with E-state index in [1.54, 1.807) is 0 Å². The first-order chi connectivity index (χ1) is 27.6. The van der Waals surface area contributed by atoms with Gasteiger partial charge in [-0.15, -0.1) is 0 Å². The molecule has 2 atom stereocenters. The Labute approximate surface area is 351 Å². The SMILES string of the molecule is CCCCCCCCCC/C=C\CCCCCCCCCCCCCC(=O)OC(COC(=O)CCCCCCCCCCC)COC(OCC[N+](C)(C)C)C(=O)O. The lowest BCUT2D eigenvalue weighted by atomic mass is 10.0. The summed E-state index contributed by atoms with van der Waals surface area (Å²) in [5.74, 6) is -2.00. The normalized spacial score (nSPS) is 12.9. The fourth-order valence-electron chi connectivity index (χ4n) is 6.77. The Kier molecular flexibility index (Phi) is 39.4. The zero-order valence-electron chi connectivity index (χ0n) is 38.0. The smallest absolute Gasteiger partial charge is 0.361 e. The molecular weight excluding hydrogens is 719 g/mol. The third kappa shape index (κ3) is 42.0. The summed E-state index contributed by atoms with van der Waals surface area (Å²) in [7, 11) is 5.96. The fourth-order valence-corrected chi connectivity index (χ4v) is 6.77. The molecule has 0 spiro atoms. The predicted molar refractivity (Wildman–Crippen MR) is 235 cm³/mol. The van der Waals surface area contributed by atoms with Gasteiger partial charge in [-0.05, 0) is 38.5 Å². The first kappa shape index (κ1) is 55.0. The molecule has 57 heavy (non-hydrogen) atoms. The van der Waals surface area contributed by atoms with Gasteiger partial charge in [0.05, 0.1) is 34.4 Å². The number of esters is 2. The zero-order chi connectivity index (χ0) is 42.1. The lowest BCUT2D eigenvalue weighted by molar-refractivity contribution is -0.870. The molecule has 0 aliphatic rings. The maximum absolute atomic E-state index is 12.8. The number of carbonyl (C=O) groups excluding carboxylic acids is 2. The van der Waals surface area contributed by atoms with Crippen molar-refractivity contribution >= 4 is 17.9 Å². The maximum atomic E-state index is 12.8. The van der Waals surface area contributed by atoms with Gasteiger partial charge in [0.25, 0.3) is 6.29 Å². The molecule has 0 aromatic heterocycles. The number of allylic oxidation sites excluding steroid dienone is 2. The first-order valence-corrected chi connectivity index (χ1v) is 23.9. The topological polar surface area (TPSA) is 108 Å². The number of ether oxygens (including phenoxy) is 4. The Morgan fingerprint density at radius 1 is 0.509 bits per heavy atom. The van der Waals surface area contributed by atoms with Crippen LogP contribution in [0.15, 0.2) is 12.2 Å². The van der Waals surface area contributed by atoms with E-state index in [0.717, 1.165) is 38.5 Å². The van der Waals surface area contributed by atoms with Gasteiger partial charge in [-0.25, -0.2) is 4.79 Å². The highest BCUT2D eigenvalue weighted by molar-refractivity contribution is 5.71. The molecule has 0 aliphatic heterocycles. The molecule has 0 heterocycles. The molecule has 0 saturated carbocycles. The number of unbranched alkanes of at least 4 members (excludes halogenated alkanes) is 27. The van der Waals surface area contributed by atoms with Crippen molar-refractivity contribution in [1.82, 2.24) is 0 Å². The van der Waals surface area contributed by atoms with Crippen LogP contribution >= 0.6 is 0 Å². The monoisotopic (exact) mass is 811 g/mol. The largest absolute Gasteiger partial charge is 0.477 e. The van der Waals surface area contributed by atoms with Gasteiger partial charge >= 0.3 is 17.9 Å². The van der Waals surface area contributed by atoms with Gasteiger partial charge < -0.3 is 28.5 Å². The summed E-state index contributed by atoms with van der Waals surface area (Å²) >= 11 is 0. The number of nitrogens with zero attached hydrogens (tertiary/aromatic N) is 1. The summed E-state index contributed by atoms with van der Waals surface area (Å²) in [4.78, 5) is 37.0. The molecule has 0 rings (SSSR count). The number of rotatable bonds is 44. The van der Waals surface area contributed by atoms with Crippen LogP contribution in [0.1, 0.15) is 219 Å². The fraction of sp³-hybridized carbons (Fsp3) is 0.896. The van der Waals surface area contributed by atoms with E-state index in [-0.39, 0.29) is 32.2 Å². The molecule has 0 radical (unpaired) electrons. The average molecular weight is 811 g/mol. The summed E-state index contributed by atoms with van der Waals surface area (Å²) < 4.78 is 22.7. The van der Waals surface area contributed by atoms with Crippen LogP contribution in [0, 0.1) is 0 Å². The highest BCUT2D eigenvalue weighted by Gasteiger charge is 2.25. The molecule has 9 nitrogen and oxygen atoms in total. The van der Waals surface area contributed by atoms with Crippen LogP contribution in [-0.4, -0.2) is 87.4 Å². The Morgan fingerprint density at radius 2 is 0.895 bits per heavy atom. The van der Waals surface area contributed by atoms with Crippen LogP contribution in [0.3, 0.4) is 0 Å². The number of carbonyl (C=O) groups is 3. The molecule has 0 aromatic rings. The molecule has 2 unspecified atom stereocenters. The van der Waals surface area contributed by atoms with E-state index in [4.69, 9.17) is 18.9 Å². The number of hydrogen-bond donors (Lipinski definition) is 1. The van der Waals surface area contributed by atoms with Gasteiger partial charge in [-0.1, -0.05) is 180 Å². The summed E-state index contributed by atoms with van der Waals surface area (Å²) in [6.07, 6.45) is 40.0. The molecular formula is C48H92NO8+. The van der Waals surface area contributed by atoms with E-state index in [0.29, 0.717) is 17.4 Å². The predicted octanol–water partition coefficient (Wildman–Crippen LogP) is 12.7. The number of hydrogen-bond acceptors (Lipinski definition) is 7. The summed E-state index contributed by atoms with van der Waals surface area (Å²) in [5.41, 5.74) is 0. The second-order valence-electron chi connectivity index (χ2n) is 17.4. The second-order valence-corrected chi connectivity index (χ2v) is 17.4. The van der Waals surface area contributed by atoms with Gasteiger partial charge in [0.2, 0.25) is 0 Å². The molecule has 0 saturated heterocycles. The van der Waals surface area contributed by atoms with E-state index >= 15 is 0 Å². The molecule has 0 aliphatic carbocycles. The Morgan fingerprint density at radius 3 is 1.30 bits per heavy atom. The van der Waals surface area contributed by atoms with Crippen LogP contribution in [0.5, 0.6) is 0 Å². The Balaban J connectivity index is 4.23. The molecule has 0 fully saturated rings. The lowest BCUT2D eigenvalue weighted by Gasteiger charge is -2.25. The summed E-state index contributed by atoms with van der Waals surface area (Å²) in [6, 6.07) is 0. The van der Waals surface area contributed by atoms with Crippen molar-refractivity contribution in [2.75, 3.05) is 47.5 Å². The van der Waals surface area contributed by atoms with Crippen molar-refractivity contribution in [2.24, 2.45) is 0 Å². The van der Waals surface area contributed by atoms with Gasteiger partial charge in [0.15, 0.2) is 6.10 Å². The van der Waals surface area contributed by atoms with Crippen LogP contribution < -0.4 is 0 Å². The highest BCUT2D eigenvalue weighted by atomic mass is 16.7. The van der Waals surface area contributed by atoms with Gasteiger partial charge in [-0.3, -0.25) is 9.59 Å². The molecule has 0 bridgehead atoms. The standard InChI is InChI=1S/C48H91NO8/c1-6-8-10-12-14-16-17-18-19-20-21-22-23-24-25-26-27-28-29-31-33-35-37-39-46(51)57-44(43-56-48(47(52)53)54-41-40-49(3,4)5)42-55-45(50)38-36-34-32-30-15-13-11-9-7-2/h20-21,44,48H,6-19,22-43H2,1-5H3/p+1/b21-20-. The van der Waals surface area contributed by atoms with Crippen LogP contribution in [0.2, 0.25) is 0 Å². The van der Waals surface area contributed by atoms with Crippen molar-refractivity contribution in [2.45, 2.75) is 232 Å². The van der Waals surface area contributed by atoms with Gasteiger partial charge in [0, 0.05) is 12.8 Å². The van der Waals surface area contributed by atoms with E-state index in [9.17, 15) is 19.5 Å². The van der Waals surface area contributed by atoms with Crippen molar-refractivity contribution in [3.8, 4) is 0 Å². The van der Waals surface area contributed by atoms with E-state index in [1.807, 2.05) is 21.1 Å². The second kappa shape index (κ2) is 40.8. The van der Waals surface area contributed by atoms with Crippen LogP contribution in [0.25, 0.3) is 0 Å². The van der Waals surface area contributed by atoms with Crippen molar-refractivity contribution in [3.63, 3.8) is 0 Å². The zero-order valence-corrected chi connectivity index (χ0v) is 38.0. The summed E-state index contributed by atoms with van der Waals surface area (Å²) in [6.45, 7) is 4.87. The minimum Gasteiger partial charge on any atom is -0.477 e. The van der Waals surface area contributed by atoms with E-state index in [1.165, 1.54) is 154 Å². The summed E-state index contributed by atoms with van der Waals surface area (Å²) in [5, 5.41) is 9.62. The van der Waals surface area contributed by atoms with E-state index < -0.39 is 24.3 Å². The number of quaternary nitrogens is 1. The Hall–Kier alpha value is -1.97. The molecule has 0 amide bonds. The molecule has 1 N–H and O–H groups in total. The van der Waals surface area contributed by atoms with Crippen LogP contribution in [-0.2, 0) is 33.3 Å². The van der Waals surface area contributed by atoms with Crippen LogP contribution in [0.4, 0.5) is 0 Å². The number of likely N-dealkylation sites (N-methyl/N-ethyl adjacent to an activating group) is 1. The maximum Gasteiger partial charge on any atom is 0.361 e. The lowest BCUT2D eigenvalue weighted by Crippen LogP contribution is -2.40. The number of carboxylic acid groups (broad SMARTS) is 1. The van der Waals surface area contributed by atoms with Gasteiger partial charge in [-0.2, -0.15) is 0 Å². The minimum atomic E-state index is -1.50. The van der Waals surface area contributed by atoms with Crippen molar-refractivity contribution < 1.29 is 42.9 Å². The third-order valence-corrected chi connectivity index (χ3v) is 10.5. The van der Waals surface area contributed by atoms with E-state index in [2.05, 4.69) is 26.0 Å². The van der Waals surface area contributed by atoms with Crippen molar-refractivity contribution in [3.05, 3.63) is 12.2 Å². The minimum absolute atomic E-state index is 0.177. The third-order valence-electron chi connectivity index (χ3n) is 10.5. The first-order valence-electron chi connectivity index (χ1n) is 23.9. The Bertz CT molecular complexity index is 949. The average Bonchev–Trinajstić information content (AvgIpc) is 3.17. The molecule has 336 valence electrons. The van der Waals surface area contributed by atoms with Crippen molar-refractivity contribution in [1.29, 1.82) is 0 Å². The molecule has 9 heteroatoms. The number of aliphatic carboxylic acids is 1. The quantitative estimate of drug-likeness (QED) is 0.0213. The number of carboxylic acids is 1.